The molecule has 0 saturated carbocycles. The van der Waals surface area contributed by atoms with E-state index in [0.717, 1.165) is 17.7 Å². The highest BCUT2D eigenvalue weighted by Crippen LogP contribution is 2.23. The number of para-hydroxylation sites is 1. The Balaban J connectivity index is 2.05. The zero-order valence-corrected chi connectivity index (χ0v) is 13.9. The van der Waals surface area contributed by atoms with Crippen LogP contribution in [0.2, 0.25) is 0 Å². The zero-order valence-electron chi connectivity index (χ0n) is 12.2. The van der Waals surface area contributed by atoms with E-state index in [-0.39, 0.29) is 6.61 Å². The molecule has 0 amide bonds. The molecule has 22 heavy (non-hydrogen) atoms. The molecule has 0 atom stereocenters. The monoisotopic (exact) mass is 329 g/mol. The number of hydrogen-bond acceptors (Lipinski definition) is 3. The van der Waals surface area contributed by atoms with Gasteiger partial charge in [0.25, 0.3) is 0 Å². The average molecular weight is 329 g/mol. The molecule has 2 rings (SSSR count). The third-order valence-corrected chi connectivity index (χ3v) is 4.32. The molecular formula is C18H19NOS2. The quantitative estimate of drug-likeness (QED) is 0.431. The molecule has 0 saturated heterocycles. The molecule has 114 valence electrons. The van der Waals surface area contributed by atoms with Crippen LogP contribution < -0.4 is 5.32 Å². The van der Waals surface area contributed by atoms with Crippen molar-refractivity contribution in [2.75, 3.05) is 11.9 Å². The number of rotatable bonds is 7. The highest BCUT2D eigenvalue weighted by Gasteiger charge is 2.06. The van der Waals surface area contributed by atoms with Crippen molar-refractivity contribution in [2.24, 2.45) is 0 Å². The molecule has 0 aliphatic rings. The predicted octanol–water partition coefficient (Wildman–Crippen LogP) is 4.87. The van der Waals surface area contributed by atoms with E-state index in [4.69, 9.17) is 17.3 Å². The SMILES string of the molecule is OCCC/C(=C\Sc1ccccc1)C(=S)Nc1ccccc1. The maximum absolute atomic E-state index is 9.07. The lowest BCUT2D eigenvalue weighted by Crippen LogP contribution is -2.12. The summed E-state index contributed by atoms with van der Waals surface area (Å²) in [5.74, 6) is 0. The molecule has 0 heterocycles. The molecule has 0 aliphatic carbocycles. The number of nitrogens with one attached hydrogen (secondary N) is 1. The lowest BCUT2D eigenvalue weighted by Gasteiger charge is -2.11. The molecule has 0 bridgehead atoms. The molecule has 0 radical (unpaired) electrons. The second kappa shape index (κ2) is 9.41. The Kier molecular flexibility index (Phi) is 7.16. The van der Waals surface area contributed by atoms with Gasteiger partial charge in [0.1, 0.15) is 4.99 Å². The first kappa shape index (κ1) is 16.7. The highest BCUT2D eigenvalue weighted by molar-refractivity contribution is 8.02. The van der Waals surface area contributed by atoms with Crippen LogP contribution in [-0.4, -0.2) is 16.7 Å². The molecule has 0 spiro atoms. The Morgan fingerprint density at radius 2 is 1.68 bits per heavy atom. The third kappa shape index (κ3) is 5.64. The Morgan fingerprint density at radius 1 is 1.05 bits per heavy atom. The van der Waals surface area contributed by atoms with Crippen molar-refractivity contribution in [1.29, 1.82) is 0 Å². The molecule has 0 unspecified atom stereocenters. The molecular weight excluding hydrogens is 310 g/mol. The van der Waals surface area contributed by atoms with Crippen LogP contribution in [0.4, 0.5) is 5.69 Å². The van der Waals surface area contributed by atoms with Crippen molar-refractivity contribution in [3.8, 4) is 0 Å². The van der Waals surface area contributed by atoms with Crippen LogP contribution in [0, 0.1) is 0 Å². The summed E-state index contributed by atoms with van der Waals surface area (Å²) in [5, 5.41) is 14.4. The maximum atomic E-state index is 9.07. The third-order valence-electron chi connectivity index (χ3n) is 3.01. The highest BCUT2D eigenvalue weighted by atomic mass is 32.2. The van der Waals surface area contributed by atoms with Gasteiger partial charge in [-0.3, -0.25) is 0 Å². The average Bonchev–Trinajstić information content (AvgIpc) is 2.56. The Hall–Kier alpha value is -1.62. The van der Waals surface area contributed by atoms with Crippen LogP contribution in [-0.2, 0) is 0 Å². The van der Waals surface area contributed by atoms with Gasteiger partial charge in [-0.1, -0.05) is 60.4 Å². The van der Waals surface area contributed by atoms with Gasteiger partial charge in [-0.25, -0.2) is 0 Å². The Labute approximate surface area is 141 Å². The molecule has 2 aromatic carbocycles. The van der Waals surface area contributed by atoms with Crippen LogP contribution >= 0.6 is 24.0 Å². The van der Waals surface area contributed by atoms with E-state index in [1.165, 1.54) is 4.90 Å². The lowest BCUT2D eigenvalue weighted by molar-refractivity contribution is 0.289. The number of aliphatic hydroxyl groups excluding tert-OH is 1. The van der Waals surface area contributed by atoms with Gasteiger partial charge in [0, 0.05) is 17.2 Å². The van der Waals surface area contributed by atoms with E-state index >= 15 is 0 Å². The Morgan fingerprint density at radius 3 is 2.32 bits per heavy atom. The summed E-state index contributed by atoms with van der Waals surface area (Å²) in [7, 11) is 0. The molecule has 2 N–H and O–H groups in total. The van der Waals surface area contributed by atoms with Gasteiger partial charge in [0.15, 0.2) is 0 Å². The summed E-state index contributed by atoms with van der Waals surface area (Å²) >= 11 is 7.16. The van der Waals surface area contributed by atoms with Gasteiger partial charge < -0.3 is 10.4 Å². The molecule has 2 nitrogen and oxygen atoms in total. The number of thioether (sulfide) groups is 1. The van der Waals surface area contributed by atoms with Crippen molar-refractivity contribution in [3.05, 3.63) is 71.6 Å². The van der Waals surface area contributed by atoms with Gasteiger partial charge in [0.2, 0.25) is 0 Å². The summed E-state index contributed by atoms with van der Waals surface area (Å²) < 4.78 is 0. The molecule has 4 heteroatoms. The van der Waals surface area contributed by atoms with E-state index < -0.39 is 0 Å². The molecule has 2 aromatic rings. The predicted molar refractivity (Wildman–Crippen MR) is 99.4 cm³/mol. The van der Waals surface area contributed by atoms with E-state index in [9.17, 15) is 0 Å². The van der Waals surface area contributed by atoms with Crippen LogP contribution in [0.15, 0.2) is 76.5 Å². The van der Waals surface area contributed by atoms with Crippen molar-refractivity contribution < 1.29 is 5.11 Å². The largest absolute Gasteiger partial charge is 0.396 e. The minimum absolute atomic E-state index is 0.168. The van der Waals surface area contributed by atoms with Crippen LogP contribution in [0.5, 0.6) is 0 Å². The fourth-order valence-electron chi connectivity index (χ4n) is 1.87. The number of aliphatic hydroxyl groups is 1. The van der Waals surface area contributed by atoms with Crippen molar-refractivity contribution in [3.63, 3.8) is 0 Å². The zero-order chi connectivity index (χ0) is 15.6. The van der Waals surface area contributed by atoms with Gasteiger partial charge in [-0.05, 0) is 48.1 Å². The Bertz CT molecular complexity index is 611. The lowest BCUT2D eigenvalue weighted by atomic mass is 10.1. The summed E-state index contributed by atoms with van der Waals surface area (Å²) in [6, 6.07) is 20.1. The number of thiocarbonyl (C=S) groups is 1. The molecule has 0 aliphatic heterocycles. The number of anilines is 1. The fourth-order valence-corrected chi connectivity index (χ4v) is 3.05. The van der Waals surface area contributed by atoms with Gasteiger partial charge in [-0.2, -0.15) is 0 Å². The summed E-state index contributed by atoms with van der Waals surface area (Å²) in [6.07, 6.45) is 1.47. The second-order valence-corrected chi connectivity index (χ2v) is 6.07. The first-order valence-electron chi connectivity index (χ1n) is 7.17. The second-order valence-electron chi connectivity index (χ2n) is 4.72. The van der Waals surface area contributed by atoms with Crippen LogP contribution in [0.1, 0.15) is 12.8 Å². The standard InChI is InChI=1S/C18H19NOS2/c20-13-7-8-15(14-22-17-11-5-2-6-12-17)18(21)19-16-9-3-1-4-10-16/h1-6,9-12,14,20H,7-8,13H2,(H,19,21)/b15-14+. The van der Waals surface area contributed by atoms with Crippen molar-refractivity contribution in [2.45, 2.75) is 17.7 Å². The van der Waals surface area contributed by atoms with Crippen molar-refractivity contribution >= 4 is 34.7 Å². The maximum Gasteiger partial charge on any atom is 0.107 e. The molecule has 0 fully saturated rings. The van der Waals surface area contributed by atoms with Gasteiger partial charge >= 0.3 is 0 Å². The number of hydrogen-bond donors (Lipinski definition) is 2. The van der Waals surface area contributed by atoms with Crippen molar-refractivity contribution in [1.82, 2.24) is 0 Å². The van der Waals surface area contributed by atoms with E-state index in [1.54, 1.807) is 11.8 Å². The van der Waals surface area contributed by atoms with E-state index in [2.05, 4.69) is 22.9 Å². The number of benzene rings is 2. The summed E-state index contributed by atoms with van der Waals surface area (Å²) in [5.41, 5.74) is 2.02. The van der Waals surface area contributed by atoms with Crippen LogP contribution in [0.25, 0.3) is 0 Å². The minimum Gasteiger partial charge on any atom is -0.396 e. The molecule has 0 aromatic heterocycles. The van der Waals surface area contributed by atoms with Crippen LogP contribution in [0.3, 0.4) is 0 Å². The van der Waals surface area contributed by atoms with Gasteiger partial charge in [-0.15, -0.1) is 0 Å². The topological polar surface area (TPSA) is 32.3 Å². The summed E-state index contributed by atoms with van der Waals surface area (Å²) in [4.78, 5) is 1.88. The fraction of sp³-hybridized carbons (Fsp3) is 0.167. The normalized spacial score (nSPS) is 11.2. The van der Waals surface area contributed by atoms with Gasteiger partial charge in [0.05, 0.1) is 0 Å². The smallest absolute Gasteiger partial charge is 0.107 e. The van der Waals surface area contributed by atoms with E-state index in [1.807, 2.05) is 48.5 Å². The first-order valence-corrected chi connectivity index (χ1v) is 8.46. The summed E-state index contributed by atoms with van der Waals surface area (Å²) in [6.45, 7) is 0.168. The van der Waals surface area contributed by atoms with E-state index in [0.29, 0.717) is 11.4 Å². The minimum atomic E-state index is 0.168. The first-order chi connectivity index (χ1) is 10.8.